The van der Waals surface area contributed by atoms with E-state index in [1.807, 2.05) is 110 Å². The van der Waals surface area contributed by atoms with Gasteiger partial charge in [0.2, 0.25) is 11.8 Å². The summed E-state index contributed by atoms with van der Waals surface area (Å²) in [5, 5.41) is 12.4. The number of hydrogen-bond donors (Lipinski definition) is 3. The zero-order chi connectivity index (χ0) is 29.1. The van der Waals surface area contributed by atoms with E-state index in [-0.39, 0.29) is 17.9 Å². The predicted molar refractivity (Wildman–Crippen MR) is 167 cm³/mol. The lowest BCUT2D eigenvalue weighted by Gasteiger charge is -2.30. The zero-order valence-corrected chi connectivity index (χ0v) is 24.4. The van der Waals surface area contributed by atoms with Gasteiger partial charge in [-0.05, 0) is 43.4 Å². The molecule has 0 bridgehead atoms. The van der Waals surface area contributed by atoms with Crippen LogP contribution in [0.15, 0.2) is 115 Å². The number of rotatable bonds is 14. The van der Waals surface area contributed by atoms with Crippen molar-refractivity contribution in [3.8, 4) is 0 Å². The van der Waals surface area contributed by atoms with Crippen molar-refractivity contribution >= 4 is 23.2 Å². The van der Waals surface area contributed by atoms with Gasteiger partial charge < -0.3 is 10.6 Å². The Balaban J connectivity index is 1.58. The molecule has 3 aromatic carbocycles. The number of nitrogens with one attached hydrogen (secondary N) is 3. The second kappa shape index (κ2) is 14.5. The molecule has 7 heteroatoms. The molecule has 3 atom stereocenters. The molecule has 6 nitrogen and oxygen atoms in total. The van der Waals surface area contributed by atoms with Gasteiger partial charge in [-0.15, -0.1) is 17.9 Å². The number of hydrogen-bond acceptors (Lipinski definition) is 5. The Bertz CT molecular complexity index is 1380. The SMILES string of the molecule is C=CC(C)(C)NC(Cc1ccccc1)C(=O)NC(Cc1ccccc1)C(=O)NC(Cc1ccccc1)c1nccs1. The quantitative estimate of drug-likeness (QED) is 0.178. The minimum Gasteiger partial charge on any atom is -0.345 e. The van der Waals surface area contributed by atoms with E-state index >= 15 is 0 Å². The molecule has 0 radical (unpaired) electrons. The van der Waals surface area contributed by atoms with Gasteiger partial charge >= 0.3 is 0 Å². The molecule has 1 aromatic heterocycles. The zero-order valence-electron chi connectivity index (χ0n) is 23.6. The van der Waals surface area contributed by atoms with E-state index in [1.54, 1.807) is 12.3 Å². The highest BCUT2D eigenvalue weighted by Crippen LogP contribution is 2.21. The molecule has 0 spiro atoms. The molecule has 0 saturated carbocycles. The first-order valence-corrected chi connectivity index (χ1v) is 14.7. The third-order valence-corrected chi connectivity index (χ3v) is 7.81. The van der Waals surface area contributed by atoms with E-state index in [2.05, 4.69) is 27.5 Å². The van der Waals surface area contributed by atoms with Crippen LogP contribution in [0.2, 0.25) is 0 Å². The maximum absolute atomic E-state index is 13.9. The second-order valence-electron chi connectivity index (χ2n) is 10.7. The molecule has 2 amide bonds. The fourth-order valence-electron chi connectivity index (χ4n) is 4.63. The number of thiazole rings is 1. The normalized spacial score (nSPS) is 13.5. The van der Waals surface area contributed by atoms with Crippen molar-refractivity contribution in [2.24, 2.45) is 0 Å². The molecule has 0 aliphatic carbocycles. The highest BCUT2D eigenvalue weighted by molar-refractivity contribution is 7.09. The molecule has 0 aliphatic heterocycles. The number of carbonyl (C=O) groups excluding carboxylic acids is 2. The first kappa shape index (κ1) is 29.9. The molecular formula is C34H38N4O2S. The molecular weight excluding hydrogens is 528 g/mol. The number of nitrogens with zero attached hydrogens (tertiary/aromatic N) is 1. The first-order valence-electron chi connectivity index (χ1n) is 13.9. The highest BCUT2D eigenvalue weighted by atomic mass is 32.1. The van der Waals surface area contributed by atoms with Crippen LogP contribution in [-0.4, -0.2) is 34.4 Å². The van der Waals surface area contributed by atoms with E-state index in [1.165, 1.54) is 11.3 Å². The van der Waals surface area contributed by atoms with Crippen molar-refractivity contribution in [1.29, 1.82) is 0 Å². The van der Waals surface area contributed by atoms with Gasteiger partial charge in [0.25, 0.3) is 0 Å². The molecule has 212 valence electrons. The third-order valence-electron chi connectivity index (χ3n) is 6.92. The molecule has 4 aromatic rings. The van der Waals surface area contributed by atoms with Gasteiger partial charge in [-0.3, -0.25) is 14.9 Å². The second-order valence-corrected chi connectivity index (χ2v) is 11.6. The van der Waals surface area contributed by atoms with E-state index in [4.69, 9.17) is 0 Å². The van der Waals surface area contributed by atoms with Crippen LogP contribution >= 0.6 is 11.3 Å². The van der Waals surface area contributed by atoms with Crippen LogP contribution in [0.3, 0.4) is 0 Å². The fraction of sp³-hybridized carbons (Fsp3) is 0.265. The van der Waals surface area contributed by atoms with Crippen molar-refractivity contribution in [2.45, 2.75) is 56.8 Å². The van der Waals surface area contributed by atoms with Crippen LogP contribution in [0, 0.1) is 0 Å². The third kappa shape index (κ3) is 9.23. The molecule has 0 fully saturated rings. The van der Waals surface area contributed by atoms with Crippen LogP contribution in [0.1, 0.15) is 41.6 Å². The monoisotopic (exact) mass is 566 g/mol. The van der Waals surface area contributed by atoms with E-state index in [9.17, 15) is 9.59 Å². The number of aromatic nitrogens is 1. The van der Waals surface area contributed by atoms with Crippen LogP contribution in [0.25, 0.3) is 0 Å². The minimum atomic E-state index is -0.782. The Morgan fingerprint density at radius 2 is 1.27 bits per heavy atom. The molecule has 0 saturated heterocycles. The smallest absolute Gasteiger partial charge is 0.243 e. The van der Waals surface area contributed by atoms with Gasteiger partial charge in [-0.25, -0.2) is 4.98 Å². The standard InChI is InChI=1S/C34H38N4O2S/c1-4-34(2,3)38-29(23-26-16-10-6-11-17-26)32(40)36-28(22-25-14-8-5-9-15-25)31(39)37-30(33-35-20-21-41-33)24-27-18-12-7-13-19-27/h4-21,28-30,38H,1,22-24H2,2-3H3,(H,36,40)(H,37,39). The van der Waals surface area contributed by atoms with E-state index < -0.39 is 17.6 Å². The molecule has 3 unspecified atom stereocenters. The lowest BCUT2D eigenvalue weighted by Crippen LogP contribution is -2.57. The molecule has 4 rings (SSSR count). The van der Waals surface area contributed by atoms with Gasteiger partial charge in [0.15, 0.2) is 0 Å². The fourth-order valence-corrected chi connectivity index (χ4v) is 5.32. The molecule has 0 aliphatic rings. The Hall–Kier alpha value is -4.07. The van der Waals surface area contributed by atoms with Gasteiger partial charge in [0, 0.05) is 23.5 Å². The van der Waals surface area contributed by atoms with Gasteiger partial charge in [0.1, 0.15) is 11.0 Å². The van der Waals surface area contributed by atoms with Gasteiger partial charge in [0.05, 0.1) is 12.1 Å². The molecule has 3 N–H and O–H groups in total. The van der Waals surface area contributed by atoms with Crippen LogP contribution in [0.5, 0.6) is 0 Å². The largest absolute Gasteiger partial charge is 0.345 e. The van der Waals surface area contributed by atoms with Gasteiger partial charge in [-0.2, -0.15) is 0 Å². The maximum Gasteiger partial charge on any atom is 0.243 e. The summed E-state index contributed by atoms with van der Waals surface area (Å²) in [5.41, 5.74) is 2.59. The van der Waals surface area contributed by atoms with Crippen molar-refractivity contribution in [3.05, 3.63) is 137 Å². The Morgan fingerprint density at radius 3 is 1.76 bits per heavy atom. The average Bonchev–Trinajstić information content (AvgIpc) is 3.53. The number of benzene rings is 3. The summed E-state index contributed by atoms with van der Waals surface area (Å²) in [6, 6.07) is 28.0. The molecule has 41 heavy (non-hydrogen) atoms. The number of carbonyl (C=O) groups is 2. The van der Waals surface area contributed by atoms with Crippen molar-refractivity contribution < 1.29 is 9.59 Å². The Labute approximate surface area is 246 Å². The van der Waals surface area contributed by atoms with Crippen LogP contribution in [0.4, 0.5) is 0 Å². The average molecular weight is 567 g/mol. The summed E-state index contributed by atoms with van der Waals surface area (Å²) in [4.78, 5) is 32.3. The van der Waals surface area contributed by atoms with Crippen molar-refractivity contribution in [2.75, 3.05) is 0 Å². The summed E-state index contributed by atoms with van der Waals surface area (Å²) in [7, 11) is 0. The van der Waals surface area contributed by atoms with Crippen LogP contribution < -0.4 is 16.0 Å². The van der Waals surface area contributed by atoms with Crippen molar-refractivity contribution in [3.63, 3.8) is 0 Å². The highest BCUT2D eigenvalue weighted by Gasteiger charge is 2.30. The summed E-state index contributed by atoms with van der Waals surface area (Å²) >= 11 is 1.50. The molecule has 1 heterocycles. The summed E-state index contributed by atoms with van der Waals surface area (Å²) in [6.07, 6.45) is 4.96. The summed E-state index contributed by atoms with van der Waals surface area (Å²) in [5.74, 6) is -0.492. The summed E-state index contributed by atoms with van der Waals surface area (Å²) < 4.78 is 0. The Kier molecular flexibility index (Phi) is 10.6. The maximum atomic E-state index is 13.9. The summed E-state index contributed by atoms with van der Waals surface area (Å²) in [6.45, 7) is 7.87. The van der Waals surface area contributed by atoms with E-state index in [0.717, 1.165) is 21.7 Å². The first-order chi connectivity index (χ1) is 19.8. The topological polar surface area (TPSA) is 83.1 Å². The van der Waals surface area contributed by atoms with Crippen LogP contribution in [-0.2, 0) is 28.9 Å². The lowest BCUT2D eigenvalue weighted by atomic mass is 9.98. The lowest BCUT2D eigenvalue weighted by molar-refractivity contribution is -0.130. The Morgan fingerprint density at radius 1 is 0.780 bits per heavy atom. The van der Waals surface area contributed by atoms with E-state index in [0.29, 0.717) is 19.3 Å². The number of amides is 2. The van der Waals surface area contributed by atoms with Crippen molar-refractivity contribution in [1.82, 2.24) is 20.9 Å². The van der Waals surface area contributed by atoms with Gasteiger partial charge in [-0.1, -0.05) is 97.1 Å². The minimum absolute atomic E-state index is 0.242. The predicted octanol–water partition coefficient (Wildman–Crippen LogP) is 5.44.